The number of rotatable bonds is 2. The first-order valence-corrected chi connectivity index (χ1v) is 5.89. The molecule has 0 heterocycles. The number of ether oxygens (including phenoxy) is 1. The number of benzene rings is 1. The van der Waals surface area contributed by atoms with Crippen LogP contribution in [-0.4, -0.2) is 5.97 Å². The second kappa shape index (κ2) is 5.47. The Balaban J connectivity index is 3.14. The topological polar surface area (TPSA) is 26.3 Å². The van der Waals surface area contributed by atoms with Gasteiger partial charge in [-0.15, -0.1) is 0 Å². The van der Waals surface area contributed by atoms with E-state index in [4.69, 9.17) is 4.74 Å². The number of aryl methyl sites for hydroxylation is 1. The van der Waals surface area contributed by atoms with E-state index >= 15 is 0 Å². The van der Waals surface area contributed by atoms with E-state index in [1.165, 1.54) is 6.92 Å². The number of carbonyl (C=O) groups excluding carboxylic acids is 1. The zero-order chi connectivity index (χ0) is 11.4. The van der Waals surface area contributed by atoms with E-state index in [-0.39, 0.29) is 5.97 Å². The Morgan fingerprint density at radius 3 is 2.60 bits per heavy atom. The predicted molar refractivity (Wildman–Crippen MR) is 68.3 cm³/mol. The minimum absolute atomic E-state index is 0.319. The predicted octanol–water partition coefficient (Wildman–Crippen LogP) is 4.01. The fourth-order valence-corrected chi connectivity index (χ4v) is 1.61. The van der Waals surface area contributed by atoms with Crippen LogP contribution < -0.4 is 4.74 Å². The molecule has 0 amide bonds. The fraction of sp³-hybridized carbons (Fsp3) is 0.182. The van der Waals surface area contributed by atoms with E-state index in [2.05, 4.69) is 31.9 Å². The van der Waals surface area contributed by atoms with Crippen LogP contribution in [0.5, 0.6) is 5.75 Å². The van der Waals surface area contributed by atoms with Crippen molar-refractivity contribution < 1.29 is 9.53 Å². The van der Waals surface area contributed by atoms with Crippen molar-refractivity contribution in [3.63, 3.8) is 0 Å². The second-order valence-corrected chi connectivity index (χ2v) is 5.84. The fourth-order valence-electron chi connectivity index (χ4n) is 1.12. The highest BCUT2D eigenvalue weighted by Crippen LogP contribution is 2.26. The maximum absolute atomic E-state index is 10.9. The molecule has 0 atom stereocenters. The van der Waals surface area contributed by atoms with Crippen LogP contribution >= 0.6 is 31.9 Å². The quantitative estimate of drug-likeness (QED) is 0.603. The van der Waals surface area contributed by atoms with Crippen LogP contribution in [0.4, 0.5) is 0 Å². The molecule has 4 heteroatoms. The molecule has 0 radical (unpaired) electrons. The molecule has 1 rings (SSSR count). The first kappa shape index (κ1) is 12.5. The molecular formula is C11H10Br2O2. The van der Waals surface area contributed by atoms with E-state index in [9.17, 15) is 4.79 Å². The van der Waals surface area contributed by atoms with Gasteiger partial charge in [-0.2, -0.15) is 0 Å². The van der Waals surface area contributed by atoms with Crippen molar-refractivity contribution in [3.05, 3.63) is 32.7 Å². The van der Waals surface area contributed by atoms with Gasteiger partial charge >= 0.3 is 5.97 Å². The molecule has 80 valence electrons. The lowest BCUT2D eigenvalue weighted by atomic mass is 10.1. The Labute approximate surface area is 106 Å². The molecule has 0 fully saturated rings. The molecule has 0 aliphatic rings. The lowest BCUT2D eigenvalue weighted by Crippen LogP contribution is -2.02. The van der Waals surface area contributed by atoms with Gasteiger partial charge in [-0.1, -0.05) is 12.1 Å². The van der Waals surface area contributed by atoms with E-state index in [1.54, 1.807) is 0 Å². The first-order chi connectivity index (χ1) is 6.99. The largest absolute Gasteiger partial charge is 0.426 e. The van der Waals surface area contributed by atoms with Gasteiger partial charge in [0.2, 0.25) is 0 Å². The van der Waals surface area contributed by atoms with Crippen molar-refractivity contribution in [2.75, 3.05) is 0 Å². The van der Waals surface area contributed by atoms with Crippen LogP contribution in [0, 0.1) is 6.92 Å². The highest BCUT2D eigenvalue weighted by molar-refractivity contribution is 9.28. The number of hydrogen-bond donors (Lipinski definition) is 0. The average Bonchev–Trinajstić information content (AvgIpc) is 2.08. The van der Waals surface area contributed by atoms with Gasteiger partial charge in [0.05, 0.1) is 3.39 Å². The normalized spacial score (nSPS) is 9.60. The van der Waals surface area contributed by atoms with Gasteiger partial charge in [0.25, 0.3) is 0 Å². The van der Waals surface area contributed by atoms with Crippen molar-refractivity contribution in [1.29, 1.82) is 0 Å². The second-order valence-electron chi connectivity index (χ2n) is 3.07. The zero-order valence-corrected chi connectivity index (χ0v) is 11.6. The maximum atomic E-state index is 10.9. The minimum atomic E-state index is -0.319. The SMILES string of the molecule is CC(=O)Oc1cc(C)ccc1C=C(Br)Br. The average molecular weight is 334 g/mol. The Bertz CT molecular complexity index is 407. The summed E-state index contributed by atoms with van der Waals surface area (Å²) in [4.78, 5) is 10.9. The molecule has 15 heavy (non-hydrogen) atoms. The maximum Gasteiger partial charge on any atom is 0.308 e. The molecule has 0 bridgehead atoms. The molecule has 0 aliphatic carbocycles. The van der Waals surface area contributed by atoms with Crippen LogP contribution in [0.2, 0.25) is 0 Å². The zero-order valence-electron chi connectivity index (χ0n) is 8.38. The summed E-state index contributed by atoms with van der Waals surface area (Å²) in [5.41, 5.74) is 1.90. The van der Waals surface area contributed by atoms with Gasteiger partial charge in [0.15, 0.2) is 0 Å². The van der Waals surface area contributed by atoms with E-state index in [0.29, 0.717) is 5.75 Å². The Morgan fingerprint density at radius 2 is 2.07 bits per heavy atom. The summed E-state index contributed by atoms with van der Waals surface area (Å²) in [6.45, 7) is 3.34. The van der Waals surface area contributed by atoms with Crippen LogP contribution in [0.3, 0.4) is 0 Å². The molecule has 0 aliphatic heterocycles. The van der Waals surface area contributed by atoms with Crippen LogP contribution in [-0.2, 0) is 4.79 Å². The Hall–Kier alpha value is -0.610. The minimum Gasteiger partial charge on any atom is -0.426 e. The molecule has 0 aromatic heterocycles. The number of hydrogen-bond acceptors (Lipinski definition) is 2. The van der Waals surface area contributed by atoms with Gasteiger partial charge in [-0.25, -0.2) is 0 Å². The summed E-state index contributed by atoms with van der Waals surface area (Å²) >= 11 is 6.53. The highest BCUT2D eigenvalue weighted by atomic mass is 79.9. The van der Waals surface area contributed by atoms with Crippen molar-refractivity contribution in [1.82, 2.24) is 0 Å². The first-order valence-electron chi connectivity index (χ1n) is 4.31. The third-order valence-corrected chi connectivity index (χ3v) is 2.15. The Kier molecular flexibility index (Phi) is 4.54. The molecule has 2 nitrogen and oxygen atoms in total. The van der Waals surface area contributed by atoms with Crippen molar-refractivity contribution >= 4 is 43.9 Å². The van der Waals surface area contributed by atoms with Gasteiger partial charge in [0, 0.05) is 12.5 Å². The summed E-state index contributed by atoms with van der Waals surface area (Å²) in [6.07, 6.45) is 1.83. The molecule has 1 aromatic rings. The summed E-state index contributed by atoms with van der Waals surface area (Å²) in [6, 6.07) is 5.69. The van der Waals surface area contributed by atoms with Gasteiger partial charge in [0.1, 0.15) is 5.75 Å². The third kappa shape index (κ3) is 4.18. The summed E-state index contributed by atoms with van der Waals surface area (Å²) < 4.78 is 5.90. The van der Waals surface area contributed by atoms with Crippen LogP contribution in [0.1, 0.15) is 18.1 Å². The third-order valence-electron chi connectivity index (χ3n) is 1.69. The van der Waals surface area contributed by atoms with E-state index in [1.807, 2.05) is 31.2 Å². The molecule has 0 unspecified atom stereocenters. The van der Waals surface area contributed by atoms with Crippen molar-refractivity contribution in [2.24, 2.45) is 0 Å². The number of carbonyl (C=O) groups is 1. The molecule has 0 saturated heterocycles. The lowest BCUT2D eigenvalue weighted by molar-refractivity contribution is -0.131. The van der Waals surface area contributed by atoms with Crippen LogP contribution in [0.15, 0.2) is 21.6 Å². The molecule has 0 saturated carbocycles. The van der Waals surface area contributed by atoms with Gasteiger partial charge < -0.3 is 4.74 Å². The summed E-state index contributed by atoms with van der Waals surface area (Å²) in [5.74, 6) is 0.250. The van der Waals surface area contributed by atoms with Crippen molar-refractivity contribution in [3.8, 4) is 5.75 Å². The highest BCUT2D eigenvalue weighted by Gasteiger charge is 2.04. The smallest absolute Gasteiger partial charge is 0.308 e. The van der Waals surface area contributed by atoms with Gasteiger partial charge in [-0.3, -0.25) is 4.79 Å². The standard InChI is InChI=1S/C11H10Br2O2/c1-7-3-4-9(6-11(12)13)10(5-7)15-8(2)14/h3-6H,1-2H3. The summed E-state index contributed by atoms with van der Waals surface area (Å²) in [7, 11) is 0. The molecule has 0 N–H and O–H groups in total. The number of esters is 1. The lowest BCUT2D eigenvalue weighted by Gasteiger charge is -2.06. The summed E-state index contributed by atoms with van der Waals surface area (Å²) in [5, 5.41) is 0. The number of halogens is 2. The monoisotopic (exact) mass is 332 g/mol. The van der Waals surface area contributed by atoms with E-state index in [0.717, 1.165) is 14.5 Å². The van der Waals surface area contributed by atoms with E-state index < -0.39 is 0 Å². The molecule has 1 aromatic carbocycles. The van der Waals surface area contributed by atoms with Crippen LogP contribution in [0.25, 0.3) is 6.08 Å². The Morgan fingerprint density at radius 1 is 1.40 bits per heavy atom. The molecule has 0 spiro atoms. The van der Waals surface area contributed by atoms with Crippen molar-refractivity contribution in [2.45, 2.75) is 13.8 Å². The van der Waals surface area contributed by atoms with Gasteiger partial charge in [-0.05, 0) is 56.5 Å². The molecular weight excluding hydrogens is 324 g/mol.